The SMILES string of the molecule is O=C(Nc1ccc(F)nc1F)c1ccnnc1. The van der Waals surface area contributed by atoms with Crippen LogP contribution in [0.1, 0.15) is 10.4 Å². The van der Waals surface area contributed by atoms with E-state index in [0.29, 0.717) is 0 Å². The maximum Gasteiger partial charge on any atom is 0.257 e. The van der Waals surface area contributed by atoms with Crippen LogP contribution in [0.3, 0.4) is 0 Å². The molecule has 86 valence electrons. The minimum absolute atomic E-state index is 0.201. The lowest BCUT2D eigenvalue weighted by atomic mass is 10.3. The first-order valence-corrected chi connectivity index (χ1v) is 4.57. The van der Waals surface area contributed by atoms with Gasteiger partial charge in [0.05, 0.1) is 23.6 Å². The molecule has 2 rings (SSSR count). The minimum atomic E-state index is -1.08. The number of rotatable bonds is 2. The Balaban J connectivity index is 2.19. The molecule has 2 aromatic rings. The van der Waals surface area contributed by atoms with Gasteiger partial charge in [-0.05, 0) is 18.2 Å². The van der Waals surface area contributed by atoms with Crippen LogP contribution in [0.4, 0.5) is 14.5 Å². The van der Waals surface area contributed by atoms with E-state index in [-0.39, 0.29) is 11.3 Å². The summed E-state index contributed by atoms with van der Waals surface area (Å²) in [7, 11) is 0. The average Bonchev–Trinajstić information content (AvgIpc) is 2.34. The number of amides is 1. The molecule has 7 heteroatoms. The fraction of sp³-hybridized carbons (Fsp3) is 0. The highest BCUT2D eigenvalue weighted by molar-refractivity contribution is 6.03. The molecule has 0 spiro atoms. The zero-order chi connectivity index (χ0) is 12.3. The van der Waals surface area contributed by atoms with Crippen LogP contribution in [0, 0.1) is 11.9 Å². The number of aromatic nitrogens is 3. The zero-order valence-electron chi connectivity index (χ0n) is 8.39. The van der Waals surface area contributed by atoms with Gasteiger partial charge in [0.2, 0.25) is 11.9 Å². The number of hydrogen-bond acceptors (Lipinski definition) is 4. The molecule has 17 heavy (non-hydrogen) atoms. The predicted octanol–water partition coefficient (Wildman–Crippen LogP) is 1.40. The average molecular weight is 236 g/mol. The number of carbonyl (C=O) groups excluding carboxylic acids is 1. The number of hydrogen-bond donors (Lipinski definition) is 1. The van der Waals surface area contributed by atoms with Crippen LogP contribution >= 0.6 is 0 Å². The third-order valence-electron chi connectivity index (χ3n) is 1.91. The molecule has 0 radical (unpaired) electrons. The Kier molecular flexibility index (Phi) is 2.99. The van der Waals surface area contributed by atoms with Crippen molar-refractivity contribution >= 4 is 11.6 Å². The van der Waals surface area contributed by atoms with Gasteiger partial charge >= 0.3 is 0 Å². The summed E-state index contributed by atoms with van der Waals surface area (Å²) in [6, 6.07) is 3.45. The summed E-state index contributed by atoms with van der Waals surface area (Å²) < 4.78 is 25.7. The minimum Gasteiger partial charge on any atom is -0.318 e. The lowest BCUT2D eigenvalue weighted by Crippen LogP contribution is -2.14. The van der Waals surface area contributed by atoms with Crippen molar-refractivity contribution < 1.29 is 13.6 Å². The van der Waals surface area contributed by atoms with Gasteiger partial charge in [-0.3, -0.25) is 4.79 Å². The van der Waals surface area contributed by atoms with Crippen molar-refractivity contribution in [3.63, 3.8) is 0 Å². The molecule has 0 saturated heterocycles. The van der Waals surface area contributed by atoms with Crippen molar-refractivity contribution in [1.82, 2.24) is 15.2 Å². The van der Waals surface area contributed by atoms with Crippen LogP contribution in [-0.2, 0) is 0 Å². The van der Waals surface area contributed by atoms with Gasteiger partial charge in [-0.15, -0.1) is 0 Å². The van der Waals surface area contributed by atoms with Crippen LogP contribution in [0.5, 0.6) is 0 Å². The van der Waals surface area contributed by atoms with Gasteiger partial charge in [0, 0.05) is 0 Å². The van der Waals surface area contributed by atoms with E-state index in [9.17, 15) is 13.6 Å². The van der Waals surface area contributed by atoms with Crippen LogP contribution in [0.15, 0.2) is 30.6 Å². The summed E-state index contributed by atoms with van der Waals surface area (Å²) >= 11 is 0. The van der Waals surface area contributed by atoms with E-state index in [1.807, 2.05) is 0 Å². The fourth-order valence-corrected chi connectivity index (χ4v) is 1.12. The third kappa shape index (κ3) is 2.57. The summed E-state index contributed by atoms with van der Waals surface area (Å²) in [6.45, 7) is 0. The Morgan fingerprint density at radius 3 is 2.65 bits per heavy atom. The van der Waals surface area contributed by atoms with Crippen LogP contribution < -0.4 is 5.32 Å². The number of nitrogens with zero attached hydrogens (tertiary/aromatic N) is 3. The van der Waals surface area contributed by atoms with Gasteiger partial charge in [0.25, 0.3) is 5.91 Å². The van der Waals surface area contributed by atoms with Crippen molar-refractivity contribution in [2.75, 3.05) is 5.32 Å². The quantitative estimate of drug-likeness (QED) is 0.800. The van der Waals surface area contributed by atoms with Gasteiger partial charge in [-0.1, -0.05) is 0 Å². The van der Waals surface area contributed by atoms with Crippen LogP contribution in [-0.4, -0.2) is 21.1 Å². The van der Waals surface area contributed by atoms with Gasteiger partial charge < -0.3 is 5.32 Å². The van der Waals surface area contributed by atoms with Crippen molar-refractivity contribution in [2.24, 2.45) is 0 Å². The molecular weight excluding hydrogens is 230 g/mol. The molecule has 0 fully saturated rings. The summed E-state index contributed by atoms with van der Waals surface area (Å²) in [6.07, 6.45) is 2.55. The number of anilines is 1. The molecular formula is C10H6F2N4O. The molecule has 1 N–H and O–H groups in total. The van der Waals surface area contributed by atoms with Crippen molar-refractivity contribution in [3.8, 4) is 0 Å². The summed E-state index contributed by atoms with van der Waals surface area (Å²) in [5.41, 5.74) is 0.0111. The Bertz CT molecular complexity index is 547. The van der Waals surface area contributed by atoms with Gasteiger partial charge in [0.15, 0.2) is 0 Å². The Morgan fingerprint density at radius 1 is 1.18 bits per heavy atom. The van der Waals surface area contributed by atoms with E-state index in [0.717, 1.165) is 12.1 Å². The lowest BCUT2D eigenvalue weighted by Gasteiger charge is -2.04. The second-order valence-electron chi connectivity index (χ2n) is 3.06. The van der Waals surface area contributed by atoms with Crippen LogP contribution in [0.25, 0.3) is 0 Å². The second kappa shape index (κ2) is 4.60. The Hall–Kier alpha value is -2.44. The van der Waals surface area contributed by atoms with Crippen molar-refractivity contribution in [3.05, 3.63) is 48.1 Å². The van der Waals surface area contributed by atoms with E-state index >= 15 is 0 Å². The summed E-state index contributed by atoms with van der Waals surface area (Å²) in [5.74, 6) is -2.61. The zero-order valence-corrected chi connectivity index (χ0v) is 8.39. The van der Waals surface area contributed by atoms with Gasteiger partial charge in [0.1, 0.15) is 0 Å². The molecule has 5 nitrogen and oxygen atoms in total. The molecule has 0 aromatic carbocycles. The fourth-order valence-electron chi connectivity index (χ4n) is 1.12. The van der Waals surface area contributed by atoms with Gasteiger partial charge in [-0.2, -0.15) is 24.0 Å². The number of pyridine rings is 1. The van der Waals surface area contributed by atoms with E-state index in [1.165, 1.54) is 18.5 Å². The highest BCUT2D eigenvalue weighted by Crippen LogP contribution is 2.12. The second-order valence-corrected chi connectivity index (χ2v) is 3.06. The van der Waals surface area contributed by atoms with Crippen LogP contribution in [0.2, 0.25) is 0 Å². The Labute approximate surface area is 94.5 Å². The Morgan fingerprint density at radius 2 is 2.00 bits per heavy atom. The van der Waals surface area contributed by atoms with Crippen molar-refractivity contribution in [1.29, 1.82) is 0 Å². The maximum absolute atomic E-state index is 13.1. The van der Waals surface area contributed by atoms with Crippen molar-refractivity contribution in [2.45, 2.75) is 0 Å². The molecule has 0 aliphatic rings. The lowest BCUT2D eigenvalue weighted by molar-refractivity contribution is 0.102. The third-order valence-corrected chi connectivity index (χ3v) is 1.91. The largest absolute Gasteiger partial charge is 0.318 e. The summed E-state index contributed by atoms with van der Waals surface area (Å²) in [5, 5.41) is 9.24. The summed E-state index contributed by atoms with van der Waals surface area (Å²) in [4.78, 5) is 14.5. The smallest absolute Gasteiger partial charge is 0.257 e. The van der Waals surface area contributed by atoms with E-state index in [4.69, 9.17) is 0 Å². The molecule has 2 heterocycles. The van der Waals surface area contributed by atoms with E-state index in [2.05, 4.69) is 20.5 Å². The molecule has 0 atom stereocenters. The first-order chi connectivity index (χ1) is 8.16. The highest BCUT2D eigenvalue weighted by atomic mass is 19.1. The first-order valence-electron chi connectivity index (χ1n) is 4.57. The number of carbonyl (C=O) groups is 1. The van der Waals surface area contributed by atoms with E-state index < -0.39 is 17.8 Å². The van der Waals surface area contributed by atoms with E-state index in [1.54, 1.807) is 0 Å². The highest BCUT2D eigenvalue weighted by Gasteiger charge is 2.10. The molecule has 0 aliphatic carbocycles. The van der Waals surface area contributed by atoms with Gasteiger partial charge in [-0.25, -0.2) is 0 Å². The molecule has 0 aliphatic heterocycles. The molecule has 0 saturated carbocycles. The predicted molar refractivity (Wildman–Crippen MR) is 54.1 cm³/mol. The molecule has 0 bridgehead atoms. The number of halogens is 2. The molecule has 1 amide bonds. The first kappa shape index (κ1) is 11.1. The topological polar surface area (TPSA) is 67.8 Å². The molecule has 2 aromatic heterocycles. The monoisotopic (exact) mass is 236 g/mol. The standard InChI is InChI=1S/C10H6F2N4O/c11-8-2-1-7(9(12)16-8)15-10(17)6-3-4-13-14-5-6/h1-5H,(H,15,17). The number of nitrogens with one attached hydrogen (secondary N) is 1. The normalized spacial score (nSPS) is 10.0. The maximum atomic E-state index is 13.1. The molecule has 0 unspecified atom stereocenters.